The van der Waals surface area contributed by atoms with E-state index in [1.807, 2.05) is 5.32 Å². The molecule has 1 fully saturated rings. The second-order valence-corrected chi connectivity index (χ2v) is 7.17. The Bertz CT molecular complexity index is 948. The summed E-state index contributed by atoms with van der Waals surface area (Å²) < 4.78 is 54.6. The number of rotatable bonds is 3. The number of amides is 2. The van der Waals surface area contributed by atoms with Crippen molar-refractivity contribution in [3.63, 3.8) is 0 Å². The van der Waals surface area contributed by atoms with Gasteiger partial charge in [-0.05, 0) is 24.3 Å². The SMILES string of the molecule is O=C1N[C@H](c2c(F)cccc2Cl)[C@@H](C(=O)C(F)(F)F)[C@](O)(c2ccc(Cl)cc2)N1. The van der Waals surface area contributed by atoms with E-state index in [0.717, 1.165) is 18.2 Å². The smallest absolute Gasteiger partial charge is 0.366 e. The number of alkyl halides is 3. The van der Waals surface area contributed by atoms with Crippen molar-refractivity contribution in [2.75, 3.05) is 0 Å². The highest BCUT2D eigenvalue weighted by Crippen LogP contribution is 2.45. The Balaban J connectivity index is 2.25. The molecule has 2 aromatic carbocycles. The van der Waals surface area contributed by atoms with Crippen molar-refractivity contribution in [3.05, 3.63) is 69.5 Å². The van der Waals surface area contributed by atoms with Gasteiger partial charge in [-0.1, -0.05) is 41.4 Å². The van der Waals surface area contributed by atoms with E-state index < -0.39 is 47.1 Å². The van der Waals surface area contributed by atoms with Gasteiger partial charge in [-0.15, -0.1) is 0 Å². The number of carbonyl (C=O) groups is 2. The van der Waals surface area contributed by atoms with Crippen molar-refractivity contribution >= 4 is 35.0 Å². The molecule has 2 aromatic rings. The summed E-state index contributed by atoms with van der Waals surface area (Å²) in [5, 5.41) is 15.0. The summed E-state index contributed by atoms with van der Waals surface area (Å²) in [6, 6.07) is 5.05. The van der Waals surface area contributed by atoms with Gasteiger partial charge in [0.15, 0.2) is 5.72 Å². The van der Waals surface area contributed by atoms with Crippen LogP contribution in [0.2, 0.25) is 10.0 Å². The highest BCUT2D eigenvalue weighted by atomic mass is 35.5. The molecular weight excluding hydrogens is 439 g/mol. The fourth-order valence-corrected chi connectivity index (χ4v) is 3.68. The maximum atomic E-state index is 14.5. The monoisotopic (exact) mass is 450 g/mol. The highest BCUT2D eigenvalue weighted by molar-refractivity contribution is 6.31. The summed E-state index contributed by atoms with van der Waals surface area (Å²) in [5.41, 5.74) is -3.63. The number of benzene rings is 2. The van der Waals surface area contributed by atoms with Gasteiger partial charge in [-0.2, -0.15) is 13.2 Å². The fourth-order valence-electron chi connectivity index (χ4n) is 3.27. The number of urea groups is 1. The van der Waals surface area contributed by atoms with Crippen molar-refractivity contribution in [2.45, 2.75) is 17.9 Å². The number of halogens is 6. The first-order chi connectivity index (χ1) is 13.4. The molecule has 3 rings (SSSR count). The van der Waals surface area contributed by atoms with Gasteiger partial charge >= 0.3 is 12.2 Å². The molecule has 0 unspecified atom stereocenters. The predicted molar refractivity (Wildman–Crippen MR) is 95.7 cm³/mol. The summed E-state index contributed by atoms with van der Waals surface area (Å²) in [4.78, 5) is 24.5. The lowest BCUT2D eigenvalue weighted by atomic mass is 9.76. The van der Waals surface area contributed by atoms with Crippen LogP contribution >= 0.6 is 23.2 Å². The van der Waals surface area contributed by atoms with E-state index >= 15 is 0 Å². The predicted octanol–water partition coefficient (Wildman–Crippen LogP) is 4.08. The number of hydrogen-bond donors (Lipinski definition) is 3. The van der Waals surface area contributed by atoms with E-state index in [0.29, 0.717) is 0 Å². The molecule has 11 heteroatoms. The molecule has 3 atom stereocenters. The third kappa shape index (κ3) is 3.90. The van der Waals surface area contributed by atoms with Gasteiger partial charge in [0.2, 0.25) is 5.78 Å². The Morgan fingerprint density at radius 2 is 1.72 bits per heavy atom. The zero-order valence-corrected chi connectivity index (χ0v) is 15.7. The largest absolute Gasteiger partial charge is 0.450 e. The molecule has 1 saturated heterocycles. The van der Waals surface area contributed by atoms with Gasteiger partial charge in [-0.25, -0.2) is 9.18 Å². The van der Waals surface area contributed by atoms with Gasteiger partial charge in [0.1, 0.15) is 11.7 Å². The average molecular weight is 451 g/mol. The van der Waals surface area contributed by atoms with E-state index in [1.165, 1.54) is 24.3 Å². The van der Waals surface area contributed by atoms with Crippen LogP contribution in [0.1, 0.15) is 17.2 Å². The van der Waals surface area contributed by atoms with Crippen LogP contribution in [0.4, 0.5) is 22.4 Å². The fraction of sp³-hybridized carbons (Fsp3) is 0.222. The molecule has 0 bridgehead atoms. The average Bonchev–Trinajstić information content (AvgIpc) is 2.60. The molecule has 0 radical (unpaired) electrons. The van der Waals surface area contributed by atoms with E-state index in [9.17, 15) is 32.3 Å². The number of aliphatic hydroxyl groups is 1. The minimum atomic E-state index is -5.40. The molecule has 5 nitrogen and oxygen atoms in total. The van der Waals surface area contributed by atoms with Crippen molar-refractivity contribution < 1.29 is 32.3 Å². The summed E-state index contributed by atoms with van der Waals surface area (Å²) in [5.74, 6) is -5.83. The van der Waals surface area contributed by atoms with Crippen molar-refractivity contribution in [3.8, 4) is 0 Å². The van der Waals surface area contributed by atoms with Crippen molar-refractivity contribution in [1.82, 2.24) is 10.6 Å². The summed E-state index contributed by atoms with van der Waals surface area (Å²) in [6.07, 6.45) is -5.40. The summed E-state index contributed by atoms with van der Waals surface area (Å²) in [7, 11) is 0. The lowest BCUT2D eigenvalue weighted by molar-refractivity contribution is -0.190. The Morgan fingerprint density at radius 3 is 2.28 bits per heavy atom. The van der Waals surface area contributed by atoms with Gasteiger partial charge in [0, 0.05) is 21.2 Å². The topological polar surface area (TPSA) is 78.4 Å². The van der Waals surface area contributed by atoms with E-state index in [1.54, 1.807) is 0 Å². The zero-order chi connectivity index (χ0) is 21.6. The first-order valence-electron chi connectivity index (χ1n) is 8.07. The molecule has 3 N–H and O–H groups in total. The van der Waals surface area contributed by atoms with E-state index in [2.05, 4.69) is 5.32 Å². The van der Waals surface area contributed by atoms with Gasteiger partial charge in [-0.3, -0.25) is 4.79 Å². The van der Waals surface area contributed by atoms with Crippen LogP contribution < -0.4 is 10.6 Å². The third-order valence-electron chi connectivity index (χ3n) is 4.53. The van der Waals surface area contributed by atoms with Crippen LogP contribution in [0.5, 0.6) is 0 Å². The first-order valence-corrected chi connectivity index (χ1v) is 8.83. The maximum absolute atomic E-state index is 14.5. The number of nitrogens with one attached hydrogen (secondary N) is 2. The minimum Gasteiger partial charge on any atom is -0.366 e. The Kier molecular flexibility index (Phi) is 5.50. The van der Waals surface area contributed by atoms with E-state index in [-0.39, 0.29) is 15.6 Å². The van der Waals surface area contributed by atoms with Crippen LogP contribution in [0, 0.1) is 11.7 Å². The van der Waals surface area contributed by atoms with Gasteiger partial charge in [0.25, 0.3) is 0 Å². The molecular formula is C18H12Cl2F4N2O3. The molecule has 154 valence electrons. The molecule has 2 amide bonds. The Morgan fingerprint density at radius 1 is 1.10 bits per heavy atom. The number of hydrogen-bond acceptors (Lipinski definition) is 3. The van der Waals surface area contributed by atoms with Gasteiger partial charge < -0.3 is 15.7 Å². The van der Waals surface area contributed by atoms with Gasteiger partial charge in [0.05, 0.1) is 6.04 Å². The lowest BCUT2D eigenvalue weighted by Crippen LogP contribution is -2.66. The number of Topliss-reactive ketones (excluding diaryl/α,β-unsaturated/α-hetero) is 1. The Labute approximate surface area is 171 Å². The Hall–Kier alpha value is -2.36. The molecule has 1 aliphatic heterocycles. The molecule has 0 aliphatic carbocycles. The number of ketones is 1. The van der Waals surface area contributed by atoms with E-state index in [4.69, 9.17) is 23.2 Å². The zero-order valence-electron chi connectivity index (χ0n) is 14.2. The molecule has 0 aromatic heterocycles. The van der Waals surface area contributed by atoms with Crippen LogP contribution in [0.3, 0.4) is 0 Å². The quantitative estimate of drug-likeness (QED) is 0.616. The first kappa shape index (κ1) is 21.4. The highest BCUT2D eigenvalue weighted by Gasteiger charge is 2.59. The van der Waals surface area contributed by atoms with Crippen LogP contribution in [0.25, 0.3) is 0 Å². The van der Waals surface area contributed by atoms with Crippen molar-refractivity contribution in [2.24, 2.45) is 5.92 Å². The molecule has 1 aliphatic rings. The minimum absolute atomic E-state index is 0.199. The summed E-state index contributed by atoms with van der Waals surface area (Å²) in [6.45, 7) is 0. The molecule has 29 heavy (non-hydrogen) atoms. The molecule has 1 heterocycles. The van der Waals surface area contributed by atoms with Crippen molar-refractivity contribution in [1.29, 1.82) is 0 Å². The van der Waals surface area contributed by atoms with Crippen LogP contribution in [-0.4, -0.2) is 23.1 Å². The summed E-state index contributed by atoms with van der Waals surface area (Å²) >= 11 is 11.7. The third-order valence-corrected chi connectivity index (χ3v) is 5.11. The normalized spacial score (nSPS) is 24.6. The second-order valence-electron chi connectivity index (χ2n) is 6.32. The molecule has 0 saturated carbocycles. The maximum Gasteiger partial charge on any atom is 0.450 e. The van der Waals surface area contributed by atoms with Crippen LogP contribution in [0.15, 0.2) is 42.5 Å². The number of carbonyl (C=O) groups excluding carboxylic acids is 2. The molecule has 0 spiro atoms. The standard InChI is InChI=1S/C18H12Cl2F4N2O3/c19-9-6-4-8(5-7-9)17(29)13(15(27)18(22,23)24)14(25-16(28)26-17)12-10(20)2-1-3-11(12)21/h1-7,13-14,29H,(H2,25,26,28)/t13-,14+,17+/m0/s1. The lowest BCUT2D eigenvalue weighted by Gasteiger charge is -2.45. The van der Waals surface area contributed by atoms with Crippen LogP contribution in [-0.2, 0) is 10.5 Å². The second kappa shape index (κ2) is 7.47.